The second-order valence-electron chi connectivity index (χ2n) is 2.68. The maximum Gasteiger partial charge on any atom is 0.322 e. The number of carbonyl (C=O) groups is 3. The highest BCUT2D eigenvalue weighted by molar-refractivity contribution is 7.80. The Morgan fingerprint density at radius 2 is 1.87 bits per heavy atom. The zero-order valence-electron chi connectivity index (χ0n) is 7.90. The van der Waals surface area contributed by atoms with Gasteiger partial charge in [-0.1, -0.05) is 0 Å². The molecule has 15 heavy (non-hydrogen) atoms. The zero-order valence-corrected chi connectivity index (χ0v) is 8.79. The van der Waals surface area contributed by atoms with Crippen LogP contribution in [0.1, 0.15) is 0 Å². The maximum atomic E-state index is 11.0. The molecule has 0 aromatic heterocycles. The molecule has 0 rings (SSSR count). The molecule has 0 aliphatic carbocycles. The molecular formula is C7H13N3O4S. The van der Waals surface area contributed by atoms with Crippen molar-refractivity contribution < 1.29 is 19.5 Å². The molecule has 0 aromatic carbocycles. The predicted octanol–water partition coefficient (Wildman–Crippen LogP) is -2.44. The Labute approximate surface area is 91.8 Å². The third kappa shape index (κ3) is 6.75. The van der Waals surface area contributed by atoms with Crippen LogP contribution < -0.4 is 16.4 Å². The minimum absolute atomic E-state index is 0.169. The Morgan fingerprint density at radius 3 is 2.33 bits per heavy atom. The molecule has 0 aromatic rings. The molecule has 0 spiro atoms. The summed E-state index contributed by atoms with van der Waals surface area (Å²) < 4.78 is 0. The Balaban J connectivity index is 3.71. The van der Waals surface area contributed by atoms with Gasteiger partial charge in [0.2, 0.25) is 11.8 Å². The number of hydrogen-bond acceptors (Lipinski definition) is 5. The number of nitrogens with two attached hydrogens (primary N) is 1. The summed E-state index contributed by atoms with van der Waals surface area (Å²) in [4.78, 5) is 32.0. The van der Waals surface area contributed by atoms with E-state index in [1.807, 2.05) is 0 Å². The van der Waals surface area contributed by atoms with Crippen LogP contribution in [0.25, 0.3) is 0 Å². The third-order valence-corrected chi connectivity index (χ3v) is 1.79. The lowest BCUT2D eigenvalue weighted by molar-refractivity contribution is -0.137. The van der Waals surface area contributed by atoms with Crippen LogP contribution in [-0.2, 0) is 14.4 Å². The van der Waals surface area contributed by atoms with Crippen LogP contribution in [-0.4, -0.2) is 47.8 Å². The molecule has 0 radical (unpaired) electrons. The van der Waals surface area contributed by atoms with E-state index < -0.39 is 30.4 Å². The van der Waals surface area contributed by atoms with Crippen molar-refractivity contribution in [1.82, 2.24) is 10.6 Å². The molecular weight excluding hydrogens is 222 g/mol. The second-order valence-corrected chi connectivity index (χ2v) is 3.04. The van der Waals surface area contributed by atoms with Crippen molar-refractivity contribution in [3.63, 3.8) is 0 Å². The standard InChI is InChI=1S/C7H13N3O4S/c8-4(3-15)7(14)10-1-5(11)9-2-6(12)13/h4,15H,1-3,8H2,(H,9,11)(H,10,14)(H,12,13)/t4-/m0/s1. The van der Waals surface area contributed by atoms with E-state index in [9.17, 15) is 14.4 Å². The number of carboxylic acid groups (broad SMARTS) is 1. The maximum absolute atomic E-state index is 11.0. The van der Waals surface area contributed by atoms with E-state index in [1.165, 1.54) is 0 Å². The van der Waals surface area contributed by atoms with E-state index >= 15 is 0 Å². The van der Waals surface area contributed by atoms with Crippen LogP contribution in [0.2, 0.25) is 0 Å². The van der Waals surface area contributed by atoms with Gasteiger partial charge in [0.25, 0.3) is 0 Å². The van der Waals surface area contributed by atoms with Gasteiger partial charge >= 0.3 is 5.97 Å². The fourth-order valence-corrected chi connectivity index (χ4v) is 0.784. The van der Waals surface area contributed by atoms with Gasteiger partial charge in [-0.3, -0.25) is 14.4 Å². The van der Waals surface area contributed by atoms with E-state index in [4.69, 9.17) is 10.8 Å². The molecule has 0 aliphatic rings. The quantitative estimate of drug-likeness (QED) is 0.327. The second kappa shape index (κ2) is 7.07. The first kappa shape index (κ1) is 13.7. The summed E-state index contributed by atoms with van der Waals surface area (Å²) in [5, 5.41) is 12.6. The van der Waals surface area contributed by atoms with Gasteiger partial charge < -0.3 is 21.5 Å². The van der Waals surface area contributed by atoms with Gasteiger partial charge in [0, 0.05) is 5.75 Å². The van der Waals surface area contributed by atoms with E-state index in [-0.39, 0.29) is 12.3 Å². The first-order valence-corrected chi connectivity index (χ1v) is 4.73. The molecule has 0 unspecified atom stereocenters. The molecule has 8 heteroatoms. The summed E-state index contributed by atoms with van der Waals surface area (Å²) in [6.07, 6.45) is 0. The largest absolute Gasteiger partial charge is 0.480 e. The fourth-order valence-electron chi connectivity index (χ4n) is 0.618. The Bertz CT molecular complexity index is 259. The van der Waals surface area contributed by atoms with E-state index in [0.717, 1.165) is 0 Å². The van der Waals surface area contributed by atoms with Crippen LogP contribution >= 0.6 is 12.6 Å². The monoisotopic (exact) mass is 235 g/mol. The summed E-state index contributed by atoms with van der Waals surface area (Å²) in [6, 6.07) is -0.777. The normalized spacial score (nSPS) is 11.6. The van der Waals surface area contributed by atoms with Gasteiger partial charge in [-0.2, -0.15) is 12.6 Å². The first-order chi connectivity index (χ1) is 6.97. The molecule has 5 N–H and O–H groups in total. The van der Waals surface area contributed by atoms with Crippen molar-refractivity contribution in [2.75, 3.05) is 18.8 Å². The van der Waals surface area contributed by atoms with Crippen molar-refractivity contribution in [2.45, 2.75) is 6.04 Å². The van der Waals surface area contributed by atoms with Gasteiger partial charge in [0.15, 0.2) is 0 Å². The highest BCUT2D eigenvalue weighted by Gasteiger charge is 2.12. The lowest BCUT2D eigenvalue weighted by Gasteiger charge is -2.09. The Morgan fingerprint density at radius 1 is 1.27 bits per heavy atom. The van der Waals surface area contributed by atoms with E-state index in [0.29, 0.717) is 0 Å². The summed E-state index contributed by atoms with van der Waals surface area (Å²) in [7, 11) is 0. The molecule has 0 fully saturated rings. The topological polar surface area (TPSA) is 122 Å². The molecule has 2 amide bonds. The van der Waals surface area contributed by atoms with Gasteiger partial charge in [-0.25, -0.2) is 0 Å². The van der Waals surface area contributed by atoms with Crippen LogP contribution in [0.4, 0.5) is 0 Å². The molecule has 0 bridgehead atoms. The number of nitrogens with one attached hydrogen (secondary N) is 2. The lowest BCUT2D eigenvalue weighted by atomic mass is 10.3. The van der Waals surface area contributed by atoms with E-state index in [1.54, 1.807) is 0 Å². The van der Waals surface area contributed by atoms with Crippen molar-refractivity contribution in [3.8, 4) is 0 Å². The van der Waals surface area contributed by atoms with Crippen molar-refractivity contribution in [1.29, 1.82) is 0 Å². The number of hydrogen-bond donors (Lipinski definition) is 5. The van der Waals surface area contributed by atoms with Gasteiger partial charge in [0.1, 0.15) is 6.54 Å². The number of rotatable bonds is 6. The number of carboxylic acids is 1. The molecule has 0 saturated carbocycles. The molecule has 86 valence electrons. The summed E-state index contributed by atoms with van der Waals surface area (Å²) >= 11 is 3.80. The average Bonchev–Trinajstić information content (AvgIpc) is 2.21. The lowest BCUT2D eigenvalue weighted by Crippen LogP contribution is -2.46. The highest BCUT2D eigenvalue weighted by Crippen LogP contribution is 1.82. The first-order valence-electron chi connectivity index (χ1n) is 4.10. The molecule has 0 aliphatic heterocycles. The third-order valence-electron chi connectivity index (χ3n) is 1.39. The van der Waals surface area contributed by atoms with Gasteiger partial charge in [-0.05, 0) is 0 Å². The van der Waals surface area contributed by atoms with Crippen LogP contribution in [0, 0.1) is 0 Å². The van der Waals surface area contributed by atoms with Crippen LogP contribution in [0.3, 0.4) is 0 Å². The number of thiol groups is 1. The number of carbonyl (C=O) groups excluding carboxylic acids is 2. The molecule has 7 nitrogen and oxygen atoms in total. The van der Waals surface area contributed by atoms with E-state index in [2.05, 4.69) is 23.3 Å². The highest BCUT2D eigenvalue weighted by atomic mass is 32.1. The Hall–Kier alpha value is -1.28. The van der Waals surface area contributed by atoms with Gasteiger partial charge in [0.05, 0.1) is 12.6 Å². The van der Waals surface area contributed by atoms with Crippen LogP contribution in [0.5, 0.6) is 0 Å². The van der Waals surface area contributed by atoms with Crippen molar-refractivity contribution >= 4 is 30.4 Å². The minimum atomic E-state index is -1.15. The SMILES string of the molecule is N[C@@H](CS)C(=O)NCC(=O)NCC(=O)O. The molecule has 0 saturated heterocycles. The number of amides is 2. The predicted molar refractivity (Wildman–Crippen MR) is 55.5 cm³/mol. The number of aliphatic carboxylic acids is 1. The van der Waals surface area contributed by atoms with Crippen molar-refractivity contribution in [3.05, 3.63) is 0 Å². The summed E-state index contributed by atoms with van der Waals surface area (Å²) in [6.45, 7) is -0.777. The summed E-state index contributed by atoms with van der Waals surface area (Å²) in [5.74, 6) is -2.07. The molecule has 1 atom stereocenters. The van der Waals surface area contributed by atoms with Crippen LogP contribution in [0.15, 0.2) is 0 Å². The average molecular weight is 235 g/mol. The Kier molecular flexibility index (Phi) is 6.47. The summed E-state index contributed by atoms with van der Waals surface area (Å²) in [5.41, 5.74) is 5.31. The van der Waals surface area contributed by atoms with Gasteiger partial charge in [-0.15, -0.1) is 0 Å². The molecule has 0 heterocycles. The van der Waals surface area contributed by atoms with Crippen molar-refractivity contribution in [2.24, 2.45) is 5.73 Å². The minimum Gasteiger partial charge on any atom is -0.480 e. The zero-order chi connectivity index (χ0) is 11.8. The fraction of sp³-hybridized carbons (Fsp3) is 0.571. The smallest absolute Gasteiger partial charge is 0.322 e.